The van der Waals surface area contributed by atoms with E-state index in [1.54, 1.807) is 0 Å². The van der Waals surface area contributed by atoms with Crippen LogP contribution in [0.3, 0.4) is 0 Å². The van der Waals surface area contributed by atoms with Crippen molar-refractivity contribution in [2.24, 2.45) is 11.1 Å². The molecule has 1 unspecified atom stereocenters. The van der Waals surface area contributed by atoms with Crippen LogP contribution in [0, 0.1) is 5.41 Å². The van der Waals surface area contributed by atoms with Crippen molar-refractivity contribution in [3.05, 3.63) is 24.3 Å². The quantitative estimate of drug-likeness (QED) is 0.712. The predicted octanol–water partition coefficient (Wildman–Crippen LogP) is 1.69. The van der Waals surface area contributed by atoms with Crippen LogP contribution >= 0.6 is 0 Å². The lowest BCUT2D eigenvalue weighted by Crippen LogP contribution is -2.67. The summed E-state index contributed by atoms with van der Waals surface area (Å²) in [6, 6.07) is -0.422. The number of amides is 2. The number of carbonyl (C=O) groups excluding carboxylic acids is 1. The fraction of sp³-hybridized carbons (Fsp3) is 0.643. The van der Waals surface area contributed by atoms with Gasteiger partial charge in [0.05, 0.1) is 5.54 Å². The Morgan fingerprint density at radius 2 is 2.33 bits per heavy atom. The molecule has 0 bridgehead atoms. The molecule has 0 aromatic rings. The SMILES string of the molecule is CCC1([C@]2(NC(N)=O)CCCNC2)C=CC=CC1. The molecule has 0 aromatic heterocycles. The van der Waals surface area contributed by atoms with Gasteiger partial charge in [0.2, 0.25) is 0 Å². The van der Waals surface area contributed by atoms with Crippen molar-refractivity contribution in [2.75, 3.05) is 13.1 Å². The molecule has 1 fully saturated rings. The third kappa shape index (κ3) is 2.17. The zero-order valence-electron chi connectivity index (χ0n) is 11.0. The predicted molar refractivity (Wildman–Crippen MR) is 73.2 cm³/mol. The normalized spacial score (nSPS) is 35.4. The summed E-state index contributed by atoms with van der Waals surface area (Å²) in [6.45, 7) is 3.99. The molecule has 0 radical (unpaired) electrons. The van der Waals surface area contributed by atoms with Gasteiger partial charge in [0.1, 0.15) is 0 Å². The van der Waals surface area contributed by atoms with Gasteiger partial charge in [-0.1, -0.05) is 31.2 Å². The molecular formula is C14H23N3O. The van der Waals surface area contributed by atoms with Crippen LogP contribution in [0.2, 0.25) is 0 Å². The molecule has 1 aliphatic carbocycles. The van der Waals surface area contributed by atoms with Crippen molar-refractivity contribution in [3.63, 3.8) is 0 Å². The van der Waals surface area contributed by atoms with Crippen molar-refractivity contribution in [2.45, 2.75) is 38.1 Å². The van der Waals surface area contributed by atoms with E-state index in [0.29, 0.717) is 0 Å². The van der Waals surface area contributed by atoms with Crippen LogP contribution in [0.15, 0.2) is 24.3 Å². The van der Waals surface area contributed by atoms with Gasteiger partial charge in [-0.25, -0.2) is 4.79 Å². The van der Waals surface area contributed by atoms with Crippen LogP contribution < -0.4 is 16.4 Å². The second-order valence-corrected chi connectivity index (χ2v) is 5.35. The van der Waals surface area contributed by atoms with Gasteiger partial charge in [-0.05, 0) is 32.2 Å². The summed E-state index contributed by atoms with van der Waals surface area (Å²) in [5.74, 6) is 0. The molecule has 18 heavy (non-hydrogen) atoms. The first kappa shape index (κ1) is 13.1. The lowest BCUT2D eigenvalue weighted by atomic mass is 9.61. The van der Waals surface area contributed by atoms with E-state index in [1.165, 1.54) is 0 Å². The average molecular weight is 249 g/mol. The molecule has 1 saturated heterocycles. The molecule has 1 heterocycles. The number of nitrogens with one attached hydrogen (secondary N) is 2. The monoisotopic (exact) mass is 249 g/mol. The first-order chi connectivity index (χ1) is 8.64. The van der Waals surface area contributed by atoms with Gasteiger partial charge in [-0.3, -0.25) is 0 Å². The Balaban J connectivity index is 2.34. The highest BCUT2D eigenvalue weighted by molar-refractivity contribution is 5.73. The maximum absolute atomic E-state index is 11.4. The second kappa shape index (κ2) is 5.14. The molecule has 1 aliphatic heterocycles. The summed E-state index contributed by atoms with van der Waals surface area (Å²) in [5, 5.41) is 6.46. The minimum Gasteiger partial charge on any atom is -0.352 e. The molecule has 4 heteroatoms. The Morgan fingerprint density at radius 1 is 1.50 bits per heavy atom. The highest BCUT2D eigenvalue weighted by Gasteiger charge is 2.49. The van der Waals surface area contributed by atoms with Crippen LogP contribution in [0.1, 0.15) is 32.6 Å². The van der Waals surface area contributed by atoms with Crippen LogP contribution in [0.4, 0.5) is 4.79 Å². The Labute approximate surface area is 109 Å². The number of allylic oxidation sites excluding steroid dienone is 3. The summed E-state index contributed by atoms with van der Waals surface area (Å²) in [5.41, 5.74) is 5.13. The Morgan fingerprint density at radius 3 is 2.83 bits per heavy atom. The van der Waals surface area contributed by atoms with Crippen LogP contribution in [0.25, 0.3) is 0 Å². The highest BCUT2D eigenvalue weighted by Crippen LogP contribution is 2.45. The number of hydrogen-bond donors (Lipinski definition) is 3. The molecule has 2 rings (SSSR count). The first-order valence-corrected chi connectivity index (χ1v) is 6.77. The maximum Gasteiger partial charge on any atom is 0.312 e. The van der Waals surface area contributed by atoms with Crippen LogP contribution in [-0.4, -0.2) is 24.7 Å². The van der Waals surface area contributed by atoms with E-state index in [0.717, 1.165) is 38.8 Å². The molecular weight excluding hydrogens is 226 g/mol. The summed E-state index contributed by atoms with van der Waals surface area (Å²) >= 11 is 0. The Hall–Kier alpha value is -1.29. The van der Waals surface area contributed by atoms with E-state index < -0.39 is 6.03 Å². The van der Waals surface area contributed by atoms with E-state index in [-0.39, 0.29) is 11.0 Å². The molecule has 0 saturated carbocycles. The lowest BCUT2D eigenvalue weighted by molar-refractivity contribution is 0.101. The second-order valence-electron chi connectivity index (χ2n) is 5.35. The first-order valence-electron chi connectivity index (χ1n) is 6.77. The van der Waals surface area contributed by atoms with Crippen LogP contribution in [-0.2, 0) is 0 Å². The zero-order valence-corrected chi connectivity index (χ0v) is 11.0. The molecule has 0 spiro atoms. The van der Waals surface area contributed by atoms with E-state index in [9.17, 15) is 4.79 Å². The molecule has 0 aromatic carbocycles. The standard InChI is InChI=1S/C14H23N3O/c1-2-13(7-4-3-5-8-13)14(17-12(15)18)9-6-10-16-11-14/h3-5,7,16H,2,6,8-11H2,1H3,(H3,15,17,18)/t13?,14-/m0/s1. The van der Waals surface area contributed by atoms with Crippen molar-refractivity contribution in [3.8, 4) is 0 Å². The largest absolute Gasteiger partial charge is 0.352 e. The average Bonchev–Trinajstić information content (AvgIpc) is 2.39. The fourth-order valence-electron chi connectivity index (χ4n) is 3.42. The number of urea groups is 1. The number of nitrogens with two attached hydrogens (primary N) is 1. The van der Waals surface area contributed by atoms with Gasteiger partial charge in [-0.2, -0.15) is 0 Å². The number of primary amides is 1. The van der Waals surface area contributed by atoms with E-state index >= 15 is 0 Å². The topological polar surface area (TPSA) is 67.1 Å². The summed E-state index contributed by atoms with van der Waals surface area (Å²) in [4.78, 5) is 11.4. The number of hydrogen-bond acceptors (Lipinski definition) is 2. The third-order valence-corrected chi connectivity index (χ3v) is 4.47. The van der Waals surface area contributed by atoms with Crippen molar-refractivity contribution < 1.29 is 4.79 Å². The minimum absolute atomic E-state index is 0.0236. The Kier molecular flexibility index (Phi) is 3.76. The van der Waals surface area contributed by atoms with Crippen molar-refractivity contribution >= 4 is 6.03 Å². The number of carbonyl (C=O) groups is 1. The van der Waals surface area contributed by atoms with Crippen LogP contribution in [0.5, 0.6) is 0 Å². The Bertz CT molecular complexity index is 369. The zero-order chi connectivity index (χ0) is 13.1. The maximum atomic E-state index is 11.4. The van der Waals surface area contributed by atoms with Gasteiger partial charge in [-0.15, -0.1) is 0 Å². The molecule has 100 valence electrons. The minimum atomic E-state index is -0.422. The fourth-order valence-corrected chi connectivity index (χ4v) is 3.42. The van der Waals surface area contributed by atoms with Gasteiger partial charge in [0, 0.05) is 12.0 Å². The number of piperidine rings is 1. The lowest BCUT2D eigenvalue weighted by Gasteiger charge is -2.52. The van der Waals surface area contributed by atoms with Crippen molar-refractivity contribution in [1.82, 2.24) is 10.6 Å². The molecule has 4 N–H and O–H groups in total. The van der Waals surface area contributed by atoms with Gasteiger partial charge in [0.25, 0.3) is 0 Å². The van der Waals surface area contributed by atoms with Gasteiger partial charge in [0.15, 0.2) is 0 Å². The highest BCUT2D eigenvalue weighted by atomic mass is 16.2. The summed E-state index contributed by atoms with van der Waals surface area (Å²) < 4.78 is 0. The third-order valence-electron chi connectivity index (χ3n) is 4.47. The van der Waals surface area contributed by atoms with E-state index in [2.05, 4.69) is 41.9 Å². The smallest absolute Gasteiger partial charge is 0.312 e. The summed E-state index contributed by atoms with van der Waals surface area (Å²) in [7, 11) is 0. The molecule has 2 atom stereocenters. The summed E-state index contributed by atoms with van der Waals surface area (Å²) in [6.07, 6.45) is 12.6. The van der Waals surface area contributed by atoms with Gasteiger partial charge >= 0.3 is 6.03 Å². The van der Waals surface area contributed by atoms with Crippen molar-refractivity contribution in [1.29, 1.82) is 0 Å². The molecule has 2 aliphatic rings. The number of rotatable bonds is 3. The van der Waals surface area contributed by atoms with Gasteiger partial charge < -0.3 is 16.4 Å². The van der Waals surface area contributed by atoms with E-state index in [4.69, 9.17) is 5.73 Å². The molecule has 2 amide bonds. The molecule has 4 nitrogen and oxygen atoms in total. The van der Waals surface area contributed by atoms with E-state index in [1.807, 2.05) is 0 Å².